The second kappa shape index (κ2) is 8.44. The van der Waals surface area contributed by atoms with Crippen LogP contribution >= 0.6 is 0 Å². The van der Waals surface area contributed by atoms with Gasteiger partial charge in [0.05, 0.1) is 13.2 Å². The van der Waals surface area contributed by atoms with Crippen LogP contribution in [0.3, 0.4) is 0 Å². The predicted molar refractivity (Wildman–Crippen MR) is 115 cm³/mol. The molecular weight excluding hydrogens is 348 g/mol. The number of amides is 1. The van der Waals surface area contributed by atoms with Gasteiger partial charge in [0.2, 0.25) is 5.91 Å². The third kappa shape index (κ3) is 4.34. The van der Waals surface area contributed by atoms with Crippen LogP contribution in [0.25, 0.3) is 10.8 Å². The van der Waals surface area contributed by atoms with Crippen molar-refractivity contribution in [2.24, 2.45) is 0 Å². The minimum absolute atomic E-state index is 0.0513. The number of anilines is 2. The Labute approximate surface area is 166 Å². The molecule has 4 heteroatoms. The fraction of sp³-hybridized carbons (Fsp3) is 0.292. The average molecular weight is 374 g/mol. The summed E-state index contributed by atoms with van der Waals surface area (Å²) >= 11 is 0. The van der Waals surface area contributed by atoms with Crippen LogP contribution in [0, 0.1) is 6.92 Å². The molecule has 0 atom stereocenters. The van der Waals surface area contributed by atoms with Crippen LogP contribution in [0.15, 0.2) is 60.7 Å². The Morgan fingerprint density at radius 3 is 2.57 bits per heavy atom. The normalized spacial score (nSPS) is 14.2. The third-order valence-electron chi connectivity index (χ3n) is 5.31. The number of hydrogen-bond acceptors (Lipinski definition) is 3. The summed E-state index contributed by atoms with van der Waals surface area (Å²) in [6.07, 6.45) is 1.21. The van der Waals surface area contributed by atoms with Crippen LogP contribution < -0.4 is 10.2 Å². The molecule has 0 bridgehead atoms. The third-order valence-corrected chi connectivity index (χ3v) is 5.31. The molecule has 0 spiro atoms. The first-order chi connectivity index (χ1) is 13.7. The Morgan fingerprint density at radius 1 is 1.00 bits per heavy atom. The summed E-state index contributed by atoms with van der Waals surface area (Å²) in [4.78, 5) is 14.8. The summed E-state index contributed by atoms with van der Waals surface area (Å²) in [5, 5.41) is 5.51. The molecule has 4 rings (SSSR count). The lowest BCUT2D eigenvalue weighted by Crippen LogP contribution is -2.36. The molecule has 1 saturated heterocycles. The quantitative estimate of drug-likeness (QED) is 0.712. The fourth-order valence-electron chi connectivity index (χ4n) is 3.67. The number of carbonyl (C=O) groups is 1. The average Bonchev–Trinajstić information content (AvgIpc) is 2.74. The van der Waals surface area contributed by atoms with Crippen LogP contribution in [0.4, 0.5) is 11.4 Å². The largest absolute Gasteiger partial charge is 0.378 e. The minimum Gasteiger partial charge on any atom is -0.378 e. The molecule has 0 saturated carbocycles. The zero-order valence-corrected chi connectivity index (χ0v) is 16.3. The fourth-order valence-corrected chi connectivity index (χ4v) is 3.67. The van der Waals surface area contributed by atoms with Gasteiger partial charge in [-0.25, -0.2) is 0 Å². The van der Waals surface area contributed by atoms with Crippen LogP contribution in [-0.4, -0.2) is 32.2 Å². The van der Waals surface area contributed by atoms with Gasteiger partial charge in [-0.15, -0.1) is 0 Å². The van der Waals surface area contributed by atoms with Gasteiger partial charge in [-0.3, -0.25) is 4.79 Å². The van der Waals surface area contributed by atoms with Crippen molar-refractivity contribution in [3.05, 3.63) is 71.8 Å². The van der Waals surface area contributed by atoms with E-state index in [9.17, 15) is 4.79 Å². The van der Waals surface area contributed by atoms with E-state index in [0.717, 1.165) is 44.0 Å². The van der Waals surface area contributed by atoms with Gasteiger partial charge < -0.3 is 15.0 Å². The number of nitrogens with zero attached hydrogens (tertiary/aromatic N) is 1. The van der Waals surface area contributed by atoms with E-state index in [4.69, 9.17) is 4.74 Å². The molecule has 1 aliphatic rings. The van der Waals surface area contributed by atoms with Crippen molar-refractivity contribution in [2.45, 2.75) is 19.8 Å². The van der Waals surface area contributed by atoms with Crippen molar-refractivity contribution in [2.75, 3.05) is 36.5 Å². The van der Waals surface area contributed by atoms with E-state index in [1.807, 2.05) is 25.1 Å². The molecular formula is C24H26N2O2. The maximum Gasteiger partial charge on any atom is 0.224 e. The smallest absolute Gasteiger partial charge is 0.224 e. The van der Waals surface area contributed by atoms with E-state index in [-0.39, 0.29) is 5.91 Å². The summed E-state index contributed by atoms with van der Waals surface area (Å²) < 4.78 is 5.42. The molecule has 0 aromatic heterocycles. The molecule has 3 aromatic rings. The first-order valence-electron chi connectivity index (χ1n) is 9.90. The lowest BCUT2D eigenvalue weighted by Gasteiger charge is -2.29. The minimum atomic E-state index is 0.0513. The van der Waals surface area contributed by atoms with Crippen molar-refractivity contribution < 1.29 is 9.53 Å². The number of nitrogens with one attached hydrogen (secondary N) is 1. The first-order valence-corrected chi connectivity index (χ1v) is 9.90. The van der Waals surface area contributed by atoms with Crippen LogP contribution in [-0.2, 0) is 16.0 Å². The molecule has 0 aliphatic carbocycles. The Hall–Kier alpha value is -2.85. The van der Waals surface area contributed by atoms with Crippen molar-refractivity contribution in [1.82, 2.24) is 0 Å². The van der Waals surface area contributed by atoms with Crippen molar-refractivity contribution >= 4 is 28.1 Å². The standard InChI is InChI=1S/C24H26N2O2/c1-18-16-22(26-12-14-28-15-13-26)9-10-23(18)25-24(27)11-7-19-6-8-20-4-2-3-5-21(20)17-19/h2-6,8-10,16-17H,7,11-15H2,1H3,(H,25,27). The highest BCUT2D eigenvalue weighted by atomic mass is 16.5. The summed E-state index contributed by atoms with van der Waals surface area (Å²) in [7, 11) is 0. The molecule has 1 N–H and O–H groups in total. The van der Waals surface area contributed by atoms with Crippen molar-refractivity contribution in [3.8, 4) is 0 Å². The number of rotatable bonds is 5. The van der Waals surface area contributed by atoms with Crippen LogP contribution in [0.1, 0.15) is 17.5 Å². The SMILES string of the molecule is Cc1cc(N2CCOCC2)ccc1NC(=O)CCc1ccc2ccccc2c1. The second-order valence-electron chi connectivity index (χ2n) is 7.33. The zero-order chi connectivity index (χ0) is 19.3. The predicted octanol–water partition coefficient (Wildman–Crippen LogP) is 4.56. The Bertz CT molecular complexity index is 977. The van der Waals surface area contributed by atoms with Crippen LogP contribution in [0.2, 0.25) is 0 Å². The molecule has 0 radical (unpaired) electrons. The molecule has 28 heavy (non-hydrogen) atoms. The molecule has 1 aliphatic heterocycles. The lowest BCUT2D eigenvalue weighted by atomic mass is 10.0. The second-order valence-corrected chi connectivity index (χ2v) is 7.33. The number of hydrogen-bond donors (Lipinski definition) is 1. The van der Waals surface area contributed by atoms with E-state index < -0.39 is 0 Å². The van der Waals surface area contributed by atoms with Gasteiger partial charge in [-0.05, 0) is 53.4 Å². The van der Waals surface area contributed by atoms with Crippen LogP contribution in [0.5, 0.6) is 0 Å². The number of carbonyl (C=O) groups excluding carboxylic acids is 1. The van der Waals surface area contributed by atoms with E-state index in [2.05, 4.69) is 52.7 Å². The molecule has 1 fully saturated rings. The summed E-state index contributed by atoms with van der Waals surface area (Å²) in [6.45, 7) is 5.41. The molecule has 3 aromatic carbocycles. The zero-order valence-electron chi connectivity index (χ0n) is 16.3. The molecule has 1 heterocycles. The Morgan fingerprint density at radius 2 is 1.79 bits per heavy atom. The molecule has 4 nitrogen and oxygen atoms in total. The summed E-state index contributed by atoms with van der Waals surface area (Å²) in [5.41, 5.74) is 4.35. The first kappa shape index (κ1) is 18.5. The highest BCUT2D eigenvalue weighted by Crippen LogP contribution is 2.24. The van der Waals surface area contributed by atoms with E-state index >= 15 is 0 Å². The van der Waals surface area contributed by atoms with Gasteiger partial charge in [0.1, 0.15) is 0 Å². The maximum absolute atomic E-state index is 12.5. The number of fused-ring (bicyclic) bond motifs is 1. The Kier molecular flexibility index (Phi) is 5.58. The number of benzene rings is 3. The van der Waals surface area contributed by atoms with Gasteiger partial charge in [0, 0.05) is 30.9 Å². The highest BCUT2D eigenvalue weighted by molar-refractivity contribution is 5.92. The van der Waals surface area contributed by atoms with Crippen molar-refractivity contribution in [3.63, 3.8) is 0 Å². The van der Waals surface area contributed by atoms with E-state index in [1.54, 1.807) is 0 Å². The van der Waals surface area contributed by atoms with E-state index in [1.165, 1.54) is 22.0 Å². The topological polar surface area (TPSA) is 41.6 Å². The van der Waals surface area contributed by atoms with Gasteiger partial charge in [-0.1, -0.05) is 42.5 Å². The molecule has 144 valence electrons. The van der Waals surface area contributed by atoms with Gasteiger partial charge in [-0.2, -0.15) is 0 Å². The number of morpholine rings is 1. The summed E-state index contributed by atoms with van der Waals surface area (Å²) in [6, 6.07) is 20.9. The van der Waals surface area contributed by atoms with Gasteiger partial charge in [0.25, 0.3) is 0 Å². The van der Waals surface area contributed by atoms with Gasteiger partial charge >= 0.3 is 0 Å². The lowest BCUT2D eigenvalue weighted by molar-refractivity contribution is -0.116. The molecule has 1 amide bonds. The highest BCUT2D eigenvalue weighted by Gasteiger charge is 2.13. The Balaban J connectivity index is 1.36. The number of aryl methyl sites for hydroxylation is 2. The maximum atomic E-state index is 12.5. The van der Waals surface area contributed by atoms with Crippen molar-refractivity contribution in [1.29, 1.82) is 0 Å². The number of ether oxygens (including phenoxy) is 1. The van der Waals surface area contributed by atoms with E-state index in [0.29, 0.717) is 6.42 Å². The monoisotopic (exact) mass is 374 g/mol. The van der Waals surface area contributed by atoms with Gasteiger partial charge in [0.15, 0.2) is 0 Å². The summed E-state index contributed by atoms with van der Waals surface area (Å²) in [5.74, 6) is 0.0513. The molecule has 0 unspecified atom stereocenters.